The third-order valence-corrected chi connectivity index (χ3v) is 4.85. The zero-order chi connectivity index (χ0) is 21.1. The highest BCUT2D eigenvalue weighted by Crippen LogP contribution is 2.42. The molecule has 0 unspecified atom stereocenters. The summed E-state index contributed by atoms with van der Waals surface area (Å²) in [6, 6.07) is 19.5. The normalized spacial score (nSPS) is 10.8. The molecule has 0 aliphatic heterocycles. The first-order valence-electron chi connectivity index (χ1n) is 9.73. The summed E-state index contributed by atoms with van der Waals surface area (Å²) in [6.07, 6.45) is 3.41. The summed E-state index contributed by atoms with van der Waals surface area (Å²) >= 11 is 0. The van der Waals surface area contributed by atoms with Gasteiger partial charge in [0.2, 0.25) is 5.91 Å². The Labute approximate surface area is 174 Å². The maximum atomic E-state index is 13.5. The van der Waals surface area contributed by atoms with Crippen molar-refractivity contribution in [1.29, 1.82) is 0 Å². The van der Waals surface area contributed by atoms with E-state index in [1.54, 1.807) is 29.4 Å². The van der Waals surface area contributed by atoms with Crippen molar-refractivity contribution in [2.45, 2.75) is 20.4 Å². The smallest absolute Gasteiger partial charge is 0.229 e. The Morgan fingerprint density at radius 3 is 2.23 bits per heavy atom. The number of halogens is 1. The fourth-order valence-electron chi connectivity index (χ4n) is 3.53. The Balaban J connectivity index is 2.04. The second-order valence-electron chi connectivity index (χ2n) is 6.80. The van der Waals surface area contributed by atoms with Crippen molar-refractivity contribution in [3.8, 4) is 22.4 Å². The summed E-state index contributed by atoms with van der Waals surface area (Å²) in [5.41, 5.74) is 3.88. The molecule has 150 valence electrons. The third-order valence-electron chi connectivity index (χ3n) is 4.85. The second-order valence-corrected chi connectivity index (χ2v) is 6.80. The second kappa shape index (κ2) is 8.29. The number of pyridine rings is 1. The molecular weight excluding hydrogens is 379 g/mol. The van der Waals surface area contributed by atoms with E-state index in [4.69, 9.17) is 5.10 Å². The van der Waals surface area contributed by atoms with Crippen LogP contribution in [0.5, 0.6) is 0 Å². The quantitative estimate of drug-likeness (QED) is 0.447. The number of aryl methyl sites for hydroxylation is 1. The standard InChI is InChI=1S/C24H21FN4O/c1-3-28-24(29(17(2)30)21-7-5-4-6-8-21)22(18-13-15-26-16-14-18)23(27-28)19-9-11-20(25)12-10-19/h4-16H,3H2,1-2H3. The number of benzene rings is 2. The average molecular weight is 400 g/mol. The van der Waals surface area contributed by atoms with Crippen LogP contribution in [0.3, 0.4) is 0 Å². The van der Waals surface area contributed by atoms with Gasteiger partial charge in [0.1, 0.15) is 17.3 Å². The van der Waals surface area contributed by atoms with E-state index in [0.29, 0.717) is 18.1 Å². The van der Waals surface area contributed by atoms with E-state index < -0.39 is 0 Å². The fraction of sp³-hybridized carbons (Fsp3) is 0.125. The monoisotopic (exact) mass is 400 g/mol. The molecule has 0 N–H and O–H groups in total. The number of amides is 1. The third kappa shape index (κ3) is 3.59. The predicted octanol–water partition coefficient (Wildman–Crippen LogP) is 5.46. The summed E-state index contributed by atoms with van der Waals surface area (Å²) in [6.45, 7) is 4.07. The van der Waals surface area contributed by atoms with Crippen LogP contribution in [-0.4, -0.2) is 20.7 Å². The number of carbonyl (C=O) groups is 1. The summed E-state index contributed by atoms with van der Waals surface area (Å²) in [4.78, 5) is 18.6. The summed E-state index contributed by atoms with van der Waals surface area (Å²) in [5.74, 6) is 0.229. The largest absolute Gasteiger partial charge is 0.274 e. The number of nitrogens with zero attached hydrogens (tertiary/aromatic N) is 4. The van der Waals surface area contributed by atoms with E-state index in [0.717, 1.165) is 22.4 Å². The van der Waals surface area contributed by atoms with Gasteiger partial charge in [-0.2, -0.15) is 5.10 Å². The van der Waals surface area contributed by atoms with Crippen LogP contribution >= 0.6 is 0 Å². The lowest BCUT2D eigenvalue weighted by Crippen LogP contribution is -2.26. The molecule has 0 atom stereocenters. The van der Waals surface area contributed by atoms with E-state index in [-0.39, 0.29) is 11.7 Å². The molecule has 4 aromatic rings. The van der Waals surface area contributed by atoms with Crippen LogP contribution in [0.25, 0.3) is 22.4 Å². The van der Waals surface area contributed by atoms with Gasteiger partial charge in [0.05, 0.1) is 11.3 Å². The number of carbonyl (C=O) groups excluding carboxylic acids is 1. The van der Waals surface area contributed by atoms with E-state index in [2.05, 4.69) is 4.98 Å². The Hall–Kier alpha value is -3.80. The maximum absolute atomic E-state index is 13.5. The van der Waals surface area contributed by atoms with Crippen LogP contribution in [-0.2, 0) is 11.3 Å². The zero-order valence-electron chi connectivity index (χ0n) is 16.8. The molecule has 30 heavy (non-hydrogen) atoms. The highest BCUT2D eigenvalue weighted by atomic mass is 19.1. The van der Waals surface area contributed by atoms with E-state index in [1.165, 1.54) is 19.1 Å². The fourth-order valence-corrected chi connectivity index (χ4v) is 3.53. The van der Waals surface area contributed by atoms with Gasteiger partial charge in [0, 0.05) is 31.4 Å². The Bertz CT molecular complexity index is 1160. The van der Waals surface area contributed by atoms with Gasteiger partial charge in [-0.1, -0.05) is 18.2 Å². The number of hydrogen-bond donors (Lipinski definition) is 0. The molecule has 0 aliphatic rings. The van der Waals surface area contributed by atoms with Gasteiger partial charge < -0.3 is 0 Å². The van der Waals surface area contributed by atoms with Crippen molar-refractivity contribution in [3.05, 3.63) is 84.9 Å². The molecule has 0 saturated carbocycles. The molecule has 0 bridgehead atoms. The van der Waals surface area contributed by atoms with Gasteiger partial charge in [-0.05, 0) is 61.0 Å². The topological polar surface area (TPSA) is 51.0 Å². The van der Waals surface area contributed by atoms with Crippen molar-refractivity contribution in [3.63, 3.8) is 0 Å². The van der Waals surface area contributed by atoms with Gasteiger partial charge in [0.25, 0.3) is 0 Å². The molecule has 0 fully saturated rings. The average Bonchev–Trinajstić information content (AvgIpc) is 3.14. The molecule has 6 heteroatoms. The first-order chi connectivity index (χ1) is 14.6. The Kier molecular flexibility index (Phi) is 5.39. The molecule has 2 aromatic heterocycles. The number of hydrogen-bond acceptors (Lipinski definition) is 3. The Morgan fingerprint density at radius 1 is 0.967 bits per heavy atom. The summed E-state index contributed by atoms with van der Waals surface area (Å²) in [5, 5.41) is 4.81. The lowest BCUT2D eigenvalue weighted by Gasteiger charge is -2.23. The molecule has 1 amide bonds. The van der Waals surface area contributed by atoms with Gasteiger partial charge >= 0.3 is 0 Å². The van der Waals surface area contributed by atoms with Crippen molar-refractivity contribution >= 4 is 17.4 Å². The molecule has 0 saturated heterocycles. The maximum Gasteiger partial charge on any atom is 0.229 e. The predicted molar refractivity (Wildman–Crippen MR) is 116 cm³/mol. The Morgan fingerprint density at radius 2 is 1.63 bits per heavy atom. The minimum atomic E-state index is -0.311. The molecular formula is C24H21FN4O. The lowest BCUT2D eigenvalue weighted by atomic mass is 10.0. The van der Waals surface area contributed by atoms with E-state index >= 15 is 0 Å². The van der Waals surface area contributed by atoms with Crippen molar-refractivity contribution < 1.29 is 9.18 Å². The molecule has 4 rings (SSSR count). The minimum Gasteiger partial charge on any atom is -0.274 e. The van der Waals surface area contributed by atoms with Crippen LogP contribution < -0.4 is 4.90 Å². The van der Waals surface area contributed by atoms with E-state index in [9.17, 15) is 9.18 Å². The van der Waals surface area contributed by atoms with Gasteiger partial charge in [-0.25, -0.2) is 9.07 Å². The zero-order valence-corrected chi connectivity index (χ0v) is 16.8. The highest BCUT2D eigenvalue weighted by Gasteiger charge is 2.27. The molecule has 2 aromatic carbocycles. The highest BCUT2D eigenvalue weighted by molar-refractivity contribution is 6.04. The SMILES string of the molecule is CCn1nc(-c2ccc(F)cc2)c(-c2ccncc2)c1N(C(C)=O)c1ccccc1. The van der Waals surface area contributed by atoms with Gasteiger partial charge in [0.15, 0.2) is 0 Å². The minimum absolute atomic E-state index is 0.128. The summed E-state index contributed by atoms with van der Waals surface area (Å²) < 4.78 is 15.4. The first-order valence-corrected chi connectivity index (χ1v) is 9.73. The van der Waals surface area contributed by atoms with Crippen molar-refractivity contribution in [1.82, 2.24) is 14.8 Å². The van der Waals surface area contributed by atoms with Crippen molar-refractivity contribution in [2.75, 3.05) is 4.90 Å². The molecule has 0 radical (unpaired) electrons. The molecule has 2 heterocycles. The lowest BCUT2D eigenvalue weighted by molar-refractivity contribution is -0.115. The number of aromatic nitrogens is 3. The van der Waals surface area contributed by atoms with Crippen LogP contribution in [0.2, 0.25) is 0 Å². The molecule has 5 nitrogen and oxygen atoms in total. The number of para-hydroxylation sites is 1. The van der Waals surface area contributed by atoms with Gasteiger partial charge in [-0.15, -0.1) is 0 Å². The van der Waals surface area contributed by atoms with Crippen LogP contribution in [0, 0.1) is 5.82 Å². The van der Waals surface area contributed by atoms with Gasteiger partial charge in [-0.3, -0.25) is 14.7 Å². The summed E-state index contributed by atoms with van der Waals surface area (Å²) in [7, 11) is 0. The van der Waals surface area contributed by atoms with Crippen LogP contribution in [0.4, 0.5) is 15.9 Å². The first kappa shape index (κ1) is 19.5. The molecule has 0 spiro atoms. The van der Waals surface area contributed by atoms with Crippen molar-refractivity contribution in [2.24, 2.45) is 0 Å². The van der Waals surface area contributed by atoms with E-state index in [1.807, 2.05) is 54.1 Å². The number of rotatable bonds is 5. The number of anilines is 2. The van der Waals surface area contributed by atoms with Crippen LogP contribution in [0.15, 0.2) is 79.1 Å². The van der Waals surface area contributed by atoms with Crippen LogP contribution in [0.1, 0.15) is 13.8 Å². The molecule has 0 aliphatic carbocycles.